The predicted octanol–water partition coefficient (Wildman–Crippen LogP) is 3.01. The number of hydrogen-bond acceptors (Lipinski definition) is 4. The molecule has 1 N–H and O–H groups in total. The molecule has 0 saturated carbocycles. The summed E-state index contributed by atoms with van der Waals surface area (Å²) in [6, 6.07) is 6.35. The lowest BCUT2D eigenvalue weighted by atomic mass is 10.00. The van der Waals surface area contributed by atoms with Crippen molar-refractivity contribution in [3.8, 4) is 11.5 Å². The lowest BCUT2D eigenvalue weighted by molar-refractivity contribution is 0.158. The third-order valence-electron chi connectivity index (χ3n) is 4.25. The number of nitrogens with zero attached hydrogens (tertiary/aromatic N) is 1. The molecule has 2 rings (SSSR count). The second-order valence-electron chi connectivity index (χ2n) is 5.67. The Morgan fingerprint density at radius 1 is 1.23 bits per heavy atom. The van der Waals surface area contributed by atoms with Crippen molar-refractivity contribution in [1.29, 1.82) is 0 Å². The Kier molecular flexibility index (Phi) is 6.74. The van der Waals surface area contributed by atoms with E-state index < -0.39 is 0 Å². The molecule has 0 bridgehead atoms. The van der Waals surface area contributed by atoms with E-state index in [0.717, 1.165) is 37.7 Å². The molecule has 1 aliphatic rings. The lowest BCUT2D eigenvalue weighted by Crippen LogP contribution is -2.39. The van der Waals surface area contributed by atoms with E-state index in [0.29, 0.717) is 6.04 Å². The smallest absolute Gasteiger partial charge is 0.123 e. The SMILES string of the molecule is C=CCNCC(c1cc(OC)ccc1OC)N1CCCCC1. The Balaban J connectivity index is 2.27. The Morgan fingerprint density at radius 2 is 2.00 bits per heavy atom. The fraction of sp³-hybridized carbons (Fsp3) is 0.556. The fourth-order valence-electron chi connectivity index (χ4n) is 3.09. The van der Waals surface area contributed by atoms with Crippen molar-refractivity contribution in [3.05, 3.63) is 36.4 Å². The zero-order valence-corrected chi connectivity index (χ0v) is 13.8. The number of benzene rings is 1. The minimum Gasteiger partial charge on any atom is -0.497 e. The third kappa shape index (κ3) is 4.24. The standard InChI is InChI=1S/C18H28N2O2/c1-4-10-19-14-17(20-11-6-5-7-12-20)16-13-15(21-2)8-9-18(16)22-3/h4,8-9,13,17,19H,1,5-7,10-12,14H2,2-3H3. The molecule has 1 heterocycles. The monoisotopic (exact) mass is 304 g/mol. The number of methoxy groups -OCH3 is 2. The van der Waals surface area contributed by atoms with Gasteiger partial charge in [0.1, 0.15) is 11.5 Å². The molecule has 4 nitrogen and oxygen atoms in total. The number of nitrogens with one attached hydrogen (secondary N) is 1. The van der Waals surface area contributed by atoms with Gasteiger partial charge in [-0.2, -0.15) is 0 Å². The molecule has 1 saturated heterocycles. The van der Waals surface area contributed by atoms with Gasteiger partial charge >= 0.3 is 0 Å². The highest BCUT2D eigenvalue weighted by molar-refractivity contribution is 5.42. The molecular weight excluding hydrogens is 276 g/mol. The van der Waals surface area contributed by atoms with Gasteiger partial charge in [-0.25, -0.2) is 0 Å². The molecule has 0 amide bonds. The van der Waals surface area contributed by atoms with Crippen LogP contribution in [0.4, 0.5) is 0 Å². The van der Waals surface area contributed by atoms with Crippen LogP contribution in [0.1, 0.15) is 30.9 Å². The Labute approximate surface area is 134 Å². The van der Waals surface area contributed by atoms with E-state index in [-0.39, 0.29) is 0 Å². The summed E-state index contributed by atoms with van der Waals surface area (Å²) >= 11 is 0. The molecule has 1 aromatic rings. The second-order valence-corrected chi connectivity index (χ2v) is 5.67. The number of hydrogen-bond donors (Lipinski definition) is 1. The van der Waals surface area contributed by atoms with Gasteiger partial charge in [-0.3, -0.25) is 4.90 Å². The summed E-state index contributed by atoms with van der Waals surface area (Å²) in [4.78, 5) is 2.55. The van der Waals surface area contributed by atoms with E-state index in [1.165, 1.54) is 24.8 Å². The summed E-state index contributed by atoms with van der Waals surface area (Å²) in [6.45, 7) is 7.76. The summed E-state index contributed by atoms with van der Waals surface area (Å²) in [6.07, 6.45) is 5.77. The molecule has 1 fully saturated rings. The van der Waals surface area contributed by atoms with Crippen molar-refractivity contribution < 1.29 is 9.47 Å². The zero-order chi connectivity index (χ0) is 15.8. The van der Waals surface area contributed by atoms with Crippen LogP contribution in [0.2, 0.25) is 0 Å². The van der Waals surface area contributed by atoms with Crippen LogP contribution in [0.15, 0.2) is 30.9 Å². The van der Waals surface area contributed by atoms with Gasteiger partial charge in [0, 0.05) is 18.7 Å². The maximum atomic E-state index is 5.59. The zero-order valence-electron chi connectivity index (χ0n) is 13.8. The molecule has 0 spiro atoms. The van der Waals surface area contributed by atoms with E-state index in [1.807, 2.05) is 18.2 Å². The van der Waals surface area contributed by atoms with Crippen LogP contribution < -0.4 is 14.8 Å². The van der Waals surface area contributed by atoms with Crippen molar-refractivity contribution in [2.45, 2.75) is 25.3 Å². The lowest BCUT2D eigenvalue weighted by Gasteiger charge is -2.35. The van der Waals surface area contributed by atoms with Crippen LogP contribution in [-0.4, -0.2) is 45.3 Å². The Bertz CT molecular complexity index is 470. The van der Waals surface area contributed by atoms with Crippen LogP contribution in [0.5, 0.6) is 11.5 Å². The summed E-state index contributed by atoms with van der Waals surface area (Å²) in [7, 11) is 3.44. The van der Waals surface area contributed by atoms with E-state index >= 15 is 0 Å². The van der Waals surface area contributed by atoms with Crippen molar-refractivity contribution in [2.24, 2.45) is 0 Å². The highest BCUT2D eigenvalue weighted by Gasteiger charge is 2.25. The van der Waals surface area contributed by atoms with Gasteiger partial charge in [0.05, 0.1) is 20.3 Å². The fourth-order valence-corrected chi connectivity index (χ4v) is 3.09. The average molecular weight is 304 g/mol. The second kappa shape index (κ2) is 8.81. The third-order valence-corrected chi connectivity index (χ3v) is 4.25. The first-order chi connectivity index (χ1) is 10.8. The maximum absolute atomic E-state index is 5.59. The van der Waals surface area contributed by atoms with Gasteiger partial charge in [-0.1, -0.05) is 12.5 Å². The molecule has 1 atom stereocenters. The number of likely N-dealkylation sites (tertiary alicyclic amines) is 1. The molecule has 1 aliphatic heterocycles. The molecule has 122 valence electrons. The van der Waals surface area contributed by atoms with Crippen LogP contribution in [-0.2, 0) is 0 Å². The minimum absolute atomic E-state index is 0.297. The molecule has 4 heteroatoms. The van der Waals surface area contributed by atoms with E-state index in [4.69, 9.17) is 9.47 Å². The first-order valence-corrected chi connectivity index (χ1v) is 8.07. The normalized spacial score (nSPS) is 17.0. The van der Waals surface area contributed by atoms with Gasteiger partial charge in [0.2, 0.25) is 0 Å². The van der Waals surface area contributed by atoms with E-state index in [2.05, 4.69) is 22.9 Å². The quantitative estimate of drug-likeness (QED) is 0.591. The van der Waals surface area contributed by atoms with Gasteiger partial charge in [0.25, 0.3) is 0 Å². The van der Waals surface area contributed by atoms with Gasteiger partial charge in [0.15, 0.2) is 0 Å². The first-order valence-electron chi connectivity index (χ1n) is 8.07. The molecule has 0 radical (unpaired) electrons. The van der Waals surface area contributed by atoms with Crippen LogP contribution in [0.3, 0.4) is 0 Å². The summed E-state index contributed by atoms with van der Waals surface area (Å²) in [5.41, 5.74) is 1.19. The maximum Gasteiger partial charge on any atom is 0.123 e. The van der Waals surface area contributed by atoms with Crippen LogP contribution >= 0.6 is 0 Å². The predicted molar refractivity (Wildman–Crippen MR) is 90.8 cm³/mol. The Hall–Kier alpha value is -1.52. The topological polar surface area (TPSA) is 33.7 Å². The van der Waals surface area contributed by atoms with Gasteiger partial charge < -0.3 is 14.8 Å². The molecule has 1 aromatic carbocycles. The van der Waals surface area contributed by atoms with Crippen molar-refractivity contribution in [1.82, 2.24) is 10.2 Å². The van der Waals surface area contributed by atoms with Gasteiger partial charge in [-0.05, 0) is 44.1 Å². The van der Waals surface area contributed by atoms with Gasteiger partial charge in [-0.15, -0.1) is 6.58 Å². The molecule has 0 aliphatic carbocycles. The molecular formula is C18H28N2O2. The minimum atomic E-state index is 0.297. The van der Waals surface area contributed by atoms with Crippen molar-refractivity contribution in [2.75, 3.05) is 40.4 Å². The number of ether oxygens (including phenoxy) is 2. The summed E-state index contributed by atoms with van der Waals surface area (Å²) in [5.74, 6) is 1.80. The van der Waals surface area contributed by atoms with Crippen LogP contribution in [0.25, 0.3) is 0 Å². The van der Waals surface area contributed by atoms with Crippen molar-refractivity contribution >= 4 is 0 Å². The first kappa shape index (κ1) is 16.8. The average Bonchev–Trinajstić information content (AvgIpc) is 2.59. The number of piperidine rings is 1. The molecule has 1 unspecified atom stereocenters. The van der Waals surface area contributed by atoms with Crippen LogP contribution in [0, 0.1) is 0 Å². The highest BCUT2D eigenvalue weighted by Crippen LogP contribution is 2.33. The summed E-state index contributed by atoms with van der Waals surface area (Å²) in [5, 5.41) is 3.46. The summed E-state index contributed by atoms with van der Waals surface area (Å²) < 4.78 is 11.0. The van der Waals surface area contributed by atoms with E-state index in [1.54, 1.807) is 14.2 Å². The Morgan fingerprint density at radius 3 is 2.64 bits per heavy atom. The molecule has 22 heavy (non-hydrogen) atoms. The number of rotatable bonds is 8. The molecule has 0 aromatic heterocycles. The van der Waals surface area contributed by atoms with Crippen molar-refractivity contribution in [3.63, 3.8) is 0 Å². The largest absolute Gasteiger partial charge is 0.497 e. The van der Waals surface area contributed by atoms with E-state index in [9.17, 15) is 0 Å². The highest BCUT2D eigenvalue weighted by atomic mass is 16.5.